The van der Waals surface area contributed by atoms with E-state index in [0.29, 0.717) is 17.4 Å². The van der Waals surface area contributed by atoms with Gasteiger partial charge in [0.15, 0.2) is 0 Å². The summed E-state index contributed by atoms with van der Waals surface area (Å²) in [5.41, 5.74) is 3.69. The lowest BCUT2D eigenvalue weighted by Gasteiger charge is -2.28. The van der Waals surface area contributed by atoms with E-state index in [9.17, 15) is 4.79 Å². The first-order valence-electron chi connectivity index (χ1n) is 9.67. The van der Waals surface area contributed by atoms with Gasteiger partial charge >= 0.3 is 5.97 Å². The molecule has 28 heavy (non-hydrogen) atoms. The Labute approximate surface area is 179 Å². The Hall–Kier alpha value is -1.55. The molecule has 152 valence electrons. The van der Waals surface area contributed by atoms with Crippen LogP contribution in [0.1, 0.15) is 48.3 Å². The van der Waals surface area contributed by atoms with Gasteiger partial charge in [0, 0.05) is 11.6 Å². The molecule has 2 aromatic carbocycles. The second kappa shape index (κ2) is 10.8. The van der Waals surface area contributed by atoms with Gasteiger partial charge in [0.1, 0.15) is 6.10 Å². The number of hydrogen-bond acceptors (Lipinski definition) is 3. The smallest absolute Gasteiger partial charge is 0.310 e. The second-order valence-electron chi connectivity index (χ2n) is 7.75. The zero-order valence-corrected chi connectivity index (χ0v) is 18.1. The summed E-state index contributed by atoms with van der Waals surface area (Å²) in [5.74, 6) is 0.429. The van der Waals surface area contributed by atoms with Crippen LogP contribution in [0.4, 0.5) is 0 Å². The summed E-state index contributed by atoms with van der Waals surface area (Å²) in [4.78, 5) is 14.4. The minimum absolute atomic E-state index is 0. The van der Waals surface area contributed by atoms with Crippen molar-refractivity contribution >= 4 is 30.0 Å². The molecule has 0 aromatic heterocycles. The summed E-state index contributed by atoms with van der Waals surface area (Å²) in [6.07, 6.45) is 4.39. The third kappa shape index (κ3) is 6.80. The Morgan fingerprint density at radius 1 is 0.964 bits per heavy atom. The van der Waals surface area contributed by atoms with Crippen LogP contribution >= 0.6 is 24.0 Å². The molecular weight excluding hydrogens is 393 g/mol. The third-order valence-electron chi connectivity index (χ3n) is 5.18. The zero-order chi connectivity index (χ0) is 19.2. The first-order valence-corrected chi connectivity index (χ1v) is 10.0. The molecule has 0 saturated heterocycles. The van der Waals surface area contributed by atoms with Crippen LogP contribution in [0.3, 0.4) is 0 Å². The Morgan fingerprint density at radius 2 is 1.54 bits per heavy atom. The summed E-state index contributed by atoms with van der Waals surface area (Å²) in [7, 11) is 4.17. The SMILES string of the molecule is CN(C)Cc1ccc(C2CCC(OC(=O)Cc3ccc(Cl)cc3)CC2)cc1.Cl. The van der Waals surface area contributed by atoms with Crippen molar-refractivity contribution in [3.8, 4) is 0 Å². The molecule has 0 radical (unpaired) electrons. The topological polar surface area (TPSA) is 29.5 Å². The van der Waals surface area contributed by atoms with Crippen molar-refractivity contribution in [3.63, 3.8) is 0 Å². The van der Waals surface area contributed by atoms with E-state index in [0.717, 1.165) is 37.8 Å². The van der Waals surface area contributed by atoms with Gasteiger partial charge in [-0.3, -0.25) is 4.79 Å². The highest BCUT2D eigenvalue weighted by Crippen LogP contribution is 2.34. The molecule has 0 amide bonds. The molecule has 1 aliphatic carbocycles. The minimum atomic E-state index is -0.145. The van der Waals surface area contributed by atoms with E-state index in [1.807, 2.05) is 12.1 Å². The fraction of sp³-hybridized carbons (Fsp3) is 0.435. The lowest BCUT2D eigenvalue weighted by molar-refractivity contribution is -0.149. The first kappa shape index (κ1) is 22.7. The van der Waals surface area contributed by atoms with E-state index < -0.39 is 0 Å². The minimum Gasteiger partial charge on any atom is -0.462 e. The van der Waals surface area contributed by atoms with Gasteiger partial charge in [-0.1, -0.05) is 48.0 Å². The van der Waals surface area contributed by atoms with E-state index in [-0.39, 0.29) is 24.5 Å². The number of halogens is 2. The van der Waals surface area contributed by atoms with Crippen molar-refractivity contribution in [2.45, 2.75) is 50.7 Å². The molecule has 0 atom stereocenters. The first-order chi connectivity index (χ1) is 13.0. The number of esters is 1. The van der Waals surface area contributed by atoms with Crippen LogP contribution in [0.5, 0.6) is 0 Å². The van der Waals surface area contributed by atoms with Crippen LogP contribution in [0, 0.1) is 0 Å². The lowest BCUT2D eigenvalue weighted by atomic mass is 9.82. The summed E-state index contributed by atoms with van der Waals surface area (Å²) < 4.78 is 5.70. The molecule has 0 spiro atoms. The summed E-state index contributed by atoms with van der Waals surface area (Å²) >= 11 is 5.88. The highest BCUT2D eigenvalue weighted by atomic mass is 35.5. The van der Waals surface area contributed by atoms with Gasteiger partial charge in [-0.15, -0.1) is 12.4 Å². The van der Waals surface area contributed by atoms with Gasteiger partial charge < -0.3 is 9.64 Å². The molecule has 1 aliphatic rings. The van der Waals surface area contributed by atoms with Crippen LogP contribution in [-0.2, 0) is 22.5 Å². The summed E-state index contributed by atoms with van der Waals surface area (Å²) in [5, 5.41) is 0.681. The maximum Gasteiger partial charge on any atom is 0.310 e. The summed E-state index contributed by atoms with van der Waals surface area (Å²) in [6.45, 7) is 0.969. The number of carbonyl (C=O) groups excluding carboxylic acids is 1. The number of nitrogens with zero attached hydrogens (tertiary/aromatic N) is 1. The fourth-order valence-corrected chi connectivity index (χ4v) is 3.90. The monoisotopic (exact) mass is 421 g/mol. The van der Waals surface area contributed by atoms with Crippen molar-refractivity contribution in [1.82, 2.24) is 4.90 Å². The van der Waals surface area contributed by atoms with Crippen molar-refractivity contribution in [2.75, 3.05) is 14.1 Å². The molecule has 2 aromatic rings. The fourth-order valence-electron chi connectivity index (χ4n) is 3.77. The lowest BCUT2D eigenvalue weighted by Crippen LogP contribution is -2.24. The van der Waals surface area contributed by atoms with Crippen molar-refractivity contribution in [3.05, 3.63) is 70.2 Å². The van der Waals surface area contributed by atoms with Crippen LogP contribution < -0.4 is 0 Å². The second-order valence-corrected chi connectivity index (χ2v) is 8.18. The quantitative estimate of drug-likeness (QED) is 0.565. The number of carbonyl (C=O) groups is 1. The molecule has 0 N–H and O–H groups in total. The van der Waals surface area contributed by atoms with Gasteiger partial charge in [-0.05, 0) is 74.5 Å². The third-order valence-corrected chi connectivity index (χ3v) is 5.44. The number of ether oxygens (including phenoxy) is 1. The molecular formula is C23H29Cl2NO2. The molecule has 3 rings (SSSR count). The zero-order valence-electron chi connectivity index (χ0n) is 16.6. The van der Waals surface area contributed by atoms with Crippen molar-refractivity contribution in [1.29, 1.82) is 0 Å². The van der Waals surface area contributed by atoms with E-state index >= 15 is 0 Å². The molecule has 0 unspecified atom stereocenters. The van der Waals surface area contributed by atoms with Gasteiger partial charge in [-0.2, -0.15) is 0 Å². The standard InChI is InChI=1S/C23H28ClNO2.ClH/c1-25(2)16-18-3-7-19(8-4-18)20-9-13-22(14-10-20)27-23(26)15-17-5-11-21(24)12-6-17;/h3-8,11-12,20,22H,9-10,13-16H2,1-2H3;1H. The van der Waals surface area contributed by atoms with Crippen molar-refractivity contribution in [2.24, 2.45) is 0 Å². The van der Waals surface area contributed by atoms with Crippen molar-refractivity contribution < 1.29 is 9.53 Å². The average molecular weight is 422 g/mol. The predicted molar refractivity (Wildman–Crippen MR) is 117 cm³/mol. The summed E-state index contributed by atoms with van der Waals surface area (Å²) in [6, 6.07) is 16.3. The Kier molecular flexibility index (Phi) is 8.81. The van der Waals surface area contributed by atoms with Crippen LogP contribution in [0.15, 0.2) is 48.5 Å². The van der Waals surface area contributed by atoms with Gasteiger partial charge in [0.2, 0.25) is 0 Å². The molecule has 3 nitrogen and oxygen atoms in total. The van der Waals surface area contributed by atoms with Crippen LogP contribution in [0.2, 0.25) is 5.02 Å². The van der Waals surface area contributed by atoms with Gasteiger partial charge in [0.25, 0.3) is 0 Å². The number of benzene rings is 2. The Balaban J connectivity index is 0.00000280. The molecule has 0 bridgehead atoms. The van der Waals surface area contributed by atoms with Gasteiger partial charge in [0.05, 0.1) is 6.42 Å². The highest BCUT2D eigenvalue weighted by Gasteiger charge is 2.25. The van der Waals surface area contributed by atoms with Crippen LogP contribution in [-0.4, -0.2) is 31.1 Å². The molecule has 1 fully saturated rings. The average Bonchev–Trinajstić information content (AvgIpc) is 2.64. The molecule has 1 saturated carbocycles. The Bertz CT molecular complexity index is 736. The van der Waals surface area contributed by atoms with E-state index in [1.54, 1.807) is 12.1 Å². The number of hydrogen-bond donors (Lipinski definition) is 0. The Morgan fingerprint density at radius 3 is 2.11 bits per heavy atom. The van der Waals surface area contributed by atoms with Gasteiger partial charge in [-0.25, -0.2) is 0 Å². The van der Waals surface area contributed by atoms with E-state index in [1.165, 1.54) is 11.1 Å². The molecule has 0 heterocycles. The highest BCUT2D eigenvalue weighted by molar-refractivity contribution is 6.30. The maximum absolute atomic E-state index is 12.2. The molecule has 5 heteroatoms. The normalized spacial score (nSPS) is 19.1. The van der Waals surface area contributed by atoms with E-state index in [2.05, 4.69) is 43.3 Å². The van der Waals surface area contributed by atoms with E-state index in [4.69, 9.17) is 16.3 Å². The number of rotatable bonds is 6. The molecule has 0 aliphatic heterocycles. The maximum atomic E-state index is 12.2. The predicted octanol–water partition coefficient (Wildman–Crippen LogP) is 5.64. The largest absolute Gasteiger partial charge is 0.462 e. The van der Waals surface area contributed by atoms with Crippen LogP contribution in [0.25, 0.3) is 0 Å².